The summed E-state index contributed by atoms with van der Waals surface area (Å²) in [7, 11) is -4.34. The van der Waals surface area contributed by atoms with E-state index < -0.39 is 18.8 Å². The van der Waals surface area contributed by atoms with Crippen LogP contribution in [0.4, 0.5) is 5.69 Å². The lowest BCUT2D eigenvalue weighted by Gasteiger charge is -2.23. The summed E-state index contributed by atoms with van der Waals surface area (Å²) < 4.78 is 23.7. The van der Waals surface area contributed by atoms with Gasteiger partial charge in [0.15, 0.2) is 11.6 Å². The maximum absolute atomic E-state index is 13.4. The molecule has 4 rings (SSSR count). The first-order valence-electron chi connectivity index (χ1n) is 11.1. The topological polar surface area (TPSA) is 161 Å². The largest absolute Gasteiger partial charge is 0.505 e. The second kappa shape index (κ2) is 10.7. The van der Waals surface area contributed by atoms with Crippen LogP contribution >= 0.6 is 18.9 Å². The molecule has 1 aliphatic heterocycles. The minimum Gasteiger partial charge on any atom is -0.505 e. The Morgan fingerprint density at radius 1 is 1.33 bits per heavy atom. The van der Waals surface area contributed by atoms with E-state index in [-0.39, 0.29) is 33.8 Å². The molecule has 2 aromatic heterocycles. The highest BCUT2D eigenvalue weighted by Gasteiger charge is 2.34. The lowest BCUT2D eigenvalue weighted by atomic mass is 10.1. The van der Waals surface area contributed by atoms with E-state index in [2.05, 4.69) is 33.9 Å². The van der Waals surface area contributed by atoms with E-state index in [1.807, 2.05) is 5.38 Å². The number of hydrogen-bond donors (Lipinski definition) is 4. The third-order valence-corrected chi connectivity index (χ3v) is 7.95. The number of fused-ring (bicyclic) bond motifs is 1. The molecule has 190 valence electrons. The molecule has 3 heterocycles. The van der Waals surface area contributed by atoms with Crippen molar-refractivity contribution in [2.45, 2.75) is 33.2 Å². The summed E-state index contributed by atoms with van der Waals surface area (Å²) in [6.07, 6.45) is 3.90. The number of benzene rings is 1. The second-order valence-electron chi connectivity index (χ2n) is 8.24. The number of aromatic nitrogens is 2. The Labute approximate surface area is 211 Å². The number of ether oxygens (including phenoxy) is 1. The number of thiophene rings is 1. The molecule has 3 aromatic rings. The number of aromatic hydroxyl groups is 1. The Balaban J connectivity index is 1.81. The van der Waals surface area contributed by atoms with Crippen LogP contribution in [0.3, 0.4) is 0 Å². The van der Waals surface area contributed by atoms with Crippen molar-refractivity contribution < 1.29 is 24.1 Å². The van der Waals surface area contributed by atoms with Gasteiger partial charge in [0.25, 0.3) is 5.56 Å². The molecule has 2 unspecified atom stereocenters. The number of aryl methyl sites for hydroxylation is 1. The van der Waals surface area contributed by atoms with Crippen molar-refractivity contribution in [2.75, 3.05) is 5.32 Å². The van der Waals surface area contributed by atoms with Crippen molar-refractivity contribution in [2.24, 2.45) is 16.6 Å². The molecule has 5 N–H and O–H groups in total. The van der Waals surface area contributed by atoms with Crippen molar-refractivity contribution >= 4 is 35.7 Å². The summed E-state index contributed by atoms with van der Waals surface area (Å²) in [6.45, 7) is 4.46. The van der Waals surface area contributed by atoms with E-state index in [9.17, 15) is 19.4 Å². The molecule has 0 radical (unpaired) electrons. The van der Waals surface area contributed by atoms with Gasteiger partial charge >= 0.3 is 7.52 Å². The number of rotatable bonds is 9. The number of hydrogen-bond acceptors (Lipinski definition) is 9. The Kier molecular flexibility index (Phi) is 7.60. The van der Waals surface area contributed by atoms with Crippen molar-refractivity contribution in [1.29, 1.82) is 0 Å². The van der Waals surface area contributed by atoms with Gasteiger partial charge in [0, 0.05) is 17.5 Å². The fourth-order valence-corrected chi connectivity index (χ4v) is 5.50. The molecule has 2 atom stereocenters. The van der Waals surface area contributed by atoms with Crippen LogP contribution in [0.5, 0.6) is 11.5 Å². The molecule has 1 aromatic carbocycles. The van der Waals surface area contributed by atoms with Gasteiger partial charge in [0.05, 0.1) is 11.0 Å². The van der Waals surface area contributed by atoms with E-state index in [1.54, 1.807) is 17.5 Å². The maximum atomic E-state index is 13.4. The van der Waals surface area contributed by atoms with Crippen LogP contribution in [-0.4, -0.2) is 25.6 Å². The third-order valence-electron chi connectivity index (χ3n) is 5.80. The van der Waals surface area contributed by atoms with Gasteiger partial charge in [0.2, 0.25) is 0 Å². The quantitative estimate of drug-likeness (QED) is 0.184. The average molecular weight is 532 g/mol. The smallest absolute Gasteiger partial charge is 0.346 e. The lowest BCUT2D eigenvalue weighted by Crippen LogP contribution is -2.34. The van der Waals surface area contributed by atoms with Crippen LogP contribution in [0.25, 0.3) is 11.3 Å². The first-order valence-corrected chi connectivity index (χ1v) is 13.7. The molecule has 0 amide bonds. The van der Waals surface area contributed by atoms with Crippen LogP contribution in [-0.2, 0) is 15.9 Å². The molecule has 11 nitrogen and oxygen atoms in total. The third kappa shape index (κ3) is 5.21. The summed E-state index contributed by atoms with van der Waals surface area (Å²) in [4.78, 5) is 28.5. The zero-order valence-corrected chi connectivity index (χ0v) is 21.3. The molecule has 36 heavy (non-hydrogen) atoms. The Morgan fingerprint density at radius 3 is 2.83 bits per heavy atom. The highest BCUT2D eigenvalue weighted by atomic mass is 32.1. The maximum Gasteiger partial charge on any atom is 0.346 e. The van der Waals surface area contributed by atoms with Crippen LogP contribution in [0.2, 0.25) is 0 Å². The summed E-state index contributed by atoms with van der Waals surface area (Å²) in [6, 6.07) is 6.17. The number of nitrogens with zero attached hydrogens (tertiary/aromatic N) is 3. The highest BCUT2D eigenvalue weighted by molar-refractivity contribution is 7.65. The monoisotopic (exact) mass is 531 g/mol. The molecule has 0 fully saturated rings. The van der Waals surface area contributed by atoms with Gasteiger partial charge in [0.1, 0.15) is 29.5 Å². The molecule has 13 heteroatoms. The molecule has 1 aliphatic rings. The minimum atomic E-state index is -4.34. The molecule has 0 bridgehead atoms. The van der Waals surface area contributed by atoms with Gasteiger partial charge in [-0.2, -0.15) is 27.1 Å². The summed E-state index contributed by atoms with van der Waals surface area (Å²) in [5, 5.41) is 22.0. The minimum absolute atomic E-state index is 0.0190. The number of nitrogens with two attached hydrogens (primary N) is 1. The first-order chi connectivity index (χ1) is 17.2. The fraction of sp³-hybridized carbons (Fsp3) is 0.261. The van der Waals surface area contributed by atoms with E-state index in [0.717, 1.165) is 18.9 Å². The van der Waals surface area contributed by atoms with Crippen LogP contribution < -0.4 is 26.8 Å². The van der Waals surface area contributed by atoms with Gasteiger partial charge in [-0.1, -0.05) is 20.3 Å². The van der Waals surface area contributed by atoms with Gasteiger partial charge in [-0.05, 0) is 42.0 Å². The van der Waals surface area contributed by atoms with Crippen molar-refractivity contribution in [1.82, 2.24) is 9.78 Å². The first kappa shape index (κ1) is 25.6. The summed E-state index contributed by atoms with van der Waals surface area (Å²) in [5.41, 5.74) is 0.221. The van der Waals surface area contributed by atoms with E-state index in [4.69, 9.17) is 10.6 Å². The molecular weight excluding hydrogens is 505 g/mol. The van der Waals surface area contributed by atoms with Gasteiger partial charge in [-0.15, -0.1) is 0 Å². The van der Waals surface area contributed by atoms with Crippen LogP contribution in [0, 0.1) is 5.92 Å². The van der Waals surface area contributed by atoms with E-state index >= 15 is 0 Å². The van der Waals surface area contributed by atoms with Crippen molar-refractivity contribution in [3.8, 4) is 22.8 Å². The number of amidine groups is 1. The SMILES string of the molecule is CCC(C)CCn1nc(-c2ccsc2)c(O)c(C2=NP(=O)(O)c3cc(O/C=C/ON)ccc3N2)c1=O. The average Bonchev–Trinajstić information content (AvgIpc) is 3.38. The van der Waals surface area contributed by atoms with E-state index in [1.165, 1.54) is 28.2 Å². The zero-order valence-electron chi connectivity index (χ0n) is 19.6. The Morgan fingerprint density at radius 2 is 2.14 bits per heavy atom. The van der Waals surface area contributed by atoms with Crippen LogP contribution in [0.15, 0.2) is 57.1 Å². The van der Waals surface area contributed by atoms with Gasteiger partial charge in [-0.3, -0.25) is 9.36 Å². The Hall–Kier alpha value is -3.44. The predicted octanol–water partition coefficient (Wildman–Crippen LogP) is 3.54. The Bertz CT molecular complexity index is 1420. The van der Waals surface area contributed by atoms with Gasteiger partial charge in [-0.25, -0.2) is 4.68 Å². The highest BCUT2D eigenvalue weighted by Crippen LogP contribution is 2.48. The van der Waals surface area contributed by atoms with Crippen LogP contribution in [0.1, 0.15) is 32.3 Å². The lowest BCUT2D eigenvalue weighted by molar-refractivity contribution is 0.250. The van der Waals surface area contributed by atoms with Crippen molar-refractivity contribution in [3.05, 3.63) is 63.5 Å². The van der Waals surface area contributed by atoms with E-state index in [0.29, 0.717) is 24.4 Å². The number of nitrogens with one attached hydrogen (secondary N) is 1. The molecule has 0 spiro atoms. The predicted molar refractivity (Wildman–Crippen MR) is 139 cm³/mol. The molecule has 0 aliphatic carbocycles. The normalized spacial score (nSPS) is 17.8. The van der Waals surface area contributed by atoms with Gasteiger partial charge < -0.3 is 24.9 Å². The van der Waals surface area contributed by atoms with Crippen molar-refractivity contribution in [3.63, 3.8) is 0 Å². The number of anilines is 1. The molecule has 0 saturated carbocycles. The summed E-state index contributed by atoms with van der Waals surface area (Å²) in [5.74, 6) is 4.88. The molecule has 0 saturated heterocycles. The molecular formula is C23H26N5O6PS. The zero-order chi connectivity index (χ0) is 25.9. The standard InChI is InChI=1S/C23H26N5O6PS/c1-3-14(2)6-8-28-23(30)19(21(29)20(26-28)15-7-11-36-13-15)22-25-17-5-4-16(33-9-10-34-24)12-18(17)35(31,32)27-22/h4-5,7,9-14,29H,3,6,8,24H2,1-2H3,(H2,25,27,31,32)/b10-9+. The summed E-state index contributed by atoms with van der Waals surface area (Å²) >= 11 is 1.41. The fourth-order valence-electron chi connectivity index (χ4n) is 3.59. The second-order valence-corrected chi connectivity index (χ2v) is 10.8.